The Morgan fingerprint density at radius 3 is 2.69 bits per heavy atom. The molecule has 0 N–H and O–H groups in total. The topological polar surface area (TPSA) is 96.6 Å². The summed E-state index contributed by atoms with van der Waals surface area (Å²) in [6.07, 6.45) is 0. The summed E-state index contributed by atoms with van der Waals surface area (Å²) < 4.78 is 20.9. The van der Waals surface area contributed by atoms with Crippen LogP contribution in [-0.2, 0) is 11.3 Å². The maximum Gasteiger partial charge on any atom is 0.358 e. The smallest absolute Gasteiger partial charge is 0.358 e. The molecule has 0 unspecified atom stereocenters. The van der Waals surface area contributed by atoms with Crippen LogP contribution in [0.2, 0.25) is 0 Å². The molecular weight excluding hydrogens is 414 g/mol. The Hall–Kier alpha value is -3.24. The molecule has 3 aromatic heterocycles. The molecule has 0 spiro atoms. The van der Waals surface area contributed by atoms with E-state index in [4.69, 9.17) is 18.7 Å². The van der Waals surface area contributed by atoms with Crippen molar-refractivity contribution in [1.82, 2.24) is 15.1 Å². The second-order valence-corrected chi connectivity index (χ2v) is 7.35. The Kier molecular flexibility index (Phi) is 5.54. The molecule has 0 saturated carbocycles. The third kappa shape index (κ3) is 4.13. The molecule has 0 atom stereocenters. The van der Waals surface area contributed by atoms with Gasteiger partial charge in [0.25, 0.3) is 5.89 Å². The van der Waals surface area contributed by atoms with E-state index in [1.54, 1.807) is 31.7 Å². The van der Waals surface area contributed by atoms with Gasteiger partial charge in [0.2, 0.25) is 5.82 Å². The number of carbonyl (C=O) groups is 1. The van der Waals surface area contributed by atoms with Crippen LogP contribution in [0.1, 0.15) is 16.4 Å². The number of methoxy groups -OCH3 is 2. The largest absolute Gasteiger partial charge is 0.493 e. The van der Waals surface area contributed by atoms with Crippen LogP contribution < -0.4 is 9.47 Å². The highest BCUT2D eigenvalue weighted by Gasteiger charge is 2.17. The van der Waals surface area contributed by atoms with Gasteiger partial charge in [-0.1, -0.05) is 5.16 Å². The van der Waals surface area contributed by atoms with Crippen molar-refractivity contribution in [1.29, 1.82) is 0 Å². The van der Waals surface area contributed by atoms with Crippen molar-refractivity contribution in [3.63, 3.8) is 0 Å². The summed E-state index contributed by atoms with van der Waals surface area (Å²) in [7, 11) is 3.13. The van der Waals surface area contributed by atoms with E-state index in [0.717, 1.165) is 11.1 Å². The number of ether oxygens (including phenoxy) is 3. The minimum Gasteiger partial charge on any atom is -0.493 e. The van der Waals surface area contributed by atoms with Crippen molar-refractivity contribution in [3.8, 4) is 33.5 Å². The first-order valence-corrected chi connectivity index (χ1v) is 10.2. The first kappa shape index (κ1) is 19.1. The zero-order valence-electron chi connectivity index (χ0n) is 15.4. The van der Waals surface area contributed by atoms with Crippen molar-refractivity contribution in [2.45, 2.75) is 6.61 Å². The van der Waals surface area contributed by atoms with Gasteiger partial charge in [-0.15, -0.1) is 11.3 Å². The fourth-order valence-corrected chi connectivity index (χ4v) is 3.91. The summed E-state index contributed by atoms with van der Waals surface area (Å²) in [5.74, 6) is 1.32. The molecule has 0 bridgehead atoms. The average Bonchev–Trinajstić information content (AvgIpc) is 3.52. The first-order chi connectivity index (χ1) is 14.2. The molecule has 0 aliphatic heterocycles. The maximum absolute atomic E-state index is 12.3. The number of thiophene rings is 1. The third-order valence-electron chi connectivity index (χ3n) is 3.92. The van der Waals surface area contributed by atoms with Gasteiger partial charge in [0, 0.05) is 21.9 Å². The lowest BCUT2D eigenvalue weighted by molar-refractivity contribution is 0.0424. The zero-order chi connectivity index (χ0) is 20.2. The quantitative estimate of drug-likeness (QED) is 0.401. The molecule has 148 valence electrons. The summed E-state index contributed by atoms with van der Waals surface area (Å²) in [6, 6.07) is 7.32. The van der Waals surface area contributed by atoms with Crippen LogP contribution in [0.15, 0.2) is 44.9 Å². The predicted octanol–water partition coefficient (Wildman–Crippen LogP) is 4.30. The number of benzene rings is 1. The molecule has 0 aliphatic rings. The number of nitrogens with zero attached hydrogens (tertiary/aromatic N) is 3. The normalized spacial score (nSPS) is 10.7. The monoisotopic (exact) mass is 429 g/mol. The van der Waals surface area contributed by atoms with E-state index in [0.29, 0.717) is 22.3 Å². The minimum atomic E-state index is -0.566. The number of thiazole rings is 1. The molecule has 8 nitrogen and oxygen atoms in total. The second kappa shape index (κ2) is 8.41. The number of rotatable bonds is 7. The Morgan fingerprint density at radius 2 is 1.93 bits per heavy atom. The summed E-state index contributed by atoms with van der Waals surface area (Å²) in [6.45, 7) is -0.126. The molecule has 0 saturated heterocycles. The zero-order valence-corrected chi connectivity index (χ0v) is 17.1. The third-order valence-corrected chi connectivity index (χ3v) is 5.49. The van der Waals surface area contributed by atoms with E-state index in [9.17, 15) is 4.79 Å². The molecule has 1 aromatic carbocycles. The molecule has 10 heteroatoms. The van der Waals surface area contributed by atoms with Crippen LogP contribution in [0.4, 0.5) is 0 Å². The summed E-state index contributed by atoms with van der Waals surface area (Å²) in [4.78, 5) is 20.9. The predicted molar refractivity (Wildman–Crippen MR) is 107 cm³/mol. The van der Waals surface area contributed by atoms with E-state index in [2.05, 4.69) is 15.1 Å². The van der Waals surface area contributed by atoms with Crippen molar-refractivity contribution >= 4 is 28.6 Å². The van der Waals surface area contributed by atoms with E-state index >= 15 is 0 Å². The second-order valence-electron chi connectivity index (χ2n) is 5.71. The van der Waals surface area contributed by atoms with Gasteiger partial charge in [0.1, 0.15) is 5.01 Å². The first-order valence-electron chi connectivity index (χ1n) is 8.38. The van der Waals surface area contributed by atoms with Crippen LogP contribution in [0, 0.1) is 0 Å². The number of aromatic nitrogens is 3. The van der Waals surface area contributed by atoms with Gasteiger partial charge in [-0.2, -0.15) is 16.3 Å². The van der Waals surface area contributed by atoms with Crippen molar-refractivity contribution in [2.75, 3.05) is 14.2 Å². The summed E-state index contributed by atoms with van der Waals surface area (Å²) in [5, 5.41) is 10.0. The standard InChI is InChI=1S/C19H15N3O5S2/c1-24-14-4-3-11(7-15(14)25-2)18-20-13(10-29-18)19(23)26-8-16-21-17(22-27-16)12-5-6-28-9-12/h3-7,9-10H,8H2,1-2H3. The highest BCUT2D eigenvalue weighted by molar-refractivity contribution is 7.13. The van der Waals surface area contributed by atoms with Gasteiger partial charge in [-0.25, -0.2) is 9.78 Å². The van der Waals surface area contributed by atoms with Crippen molar-refractivity contribution in [3.05, 3.63) is 52.0 Å². The van der Waals surface area contributed by atoms with E-state index in [1.807, 2.05) is 22.9 Å². The fraction of sp³-hybridized carbons (Fsp3) is 0.158. The van der Waals surface area contributed by atoms with Crippen LogP contribution in [0.3, 0.4) is 0 Å². The van der Waals surface area contributed by atoms with E-state index in [1.165, 1.54) is 22.7 Å². The Balaban J connectivity index is 1.42. The summed E-state index contributed by atoms with van der Waals surface area (Å²) >= 11 is 2.86. The molecule has 4 aromatic rings. The van der Waals surface area contributed by atoms with Gasteiger partial charge in [-0.3, -0.25) is 0 Å². The fourth-order valence-electron chi connectivity index (χ4n) is 2.49. The molecule has 3 heterocycles. The van der Waals surface area contributed by atoms with Crippen LogP contribution in [0.5, 0.6) is 11.5 Å². The molecule has 4 rings (SSSR count). The Labute approximate surface area is 173 Å². The number of hydrogen-bond acceptors (Lipinski definition) is 10. The highest BCUT2D eigenvalue weighted by Crippen LogP contribution is 2.33. The van der Waals surface area contributed by atoms with Gasteiger partial charge in [0.15, 0.2) is 23.8 Å². The lowest BCUT2D eigenvalue weighted by Crippen LogP contribution is -2.05. The van der Waals surface area contributed by atoms with Gasteiger partial charge < -0.3 is 18.7 Å². The average molecular weight is 429 g/mol. The Bertz CT molecular complexity index is 1120. The van der Waals surface area contributed by atoms with E-state index in [-0.39, 0.29) is 18.2 Å². The van der Waals surface area contributed by atoms with E-state index < -0.39 is 5.97 Å². The molecule has 0 amide bonds. The van der Waals surface area contributed by atoms with Gasteiger partial charge >= 0.3 is 5.97 Å². The summed E-state index contributed by atoms with van der Waals surface area (Å²) in [5.41, 5.74) is 1.87. The number of carbonyl (C=O) groups excluding carboxylic acids is 1. The maximum atomic E-state index is 12.3. The lowest BCUT2D eigenvalue weighted by atomic mass is 10.2. The van der Waals surface area contributed by atoms with Crippen molar-refractivity contribution < 1.29 is 23.5 Å². The van der Waals surface area contributed by atoms with Crippen LogP contribution >= 0.6 is 22.7 Å². The minimum absolute atomic E-state index is 0.126. The lowest BCUT2D eigenvalue weighted by Gasteiger charge is -2.08. The van der Waals surface area contributed by atoms with Crippen LogP contribution in [-0.4, -0.2) is 35.3 Å². The molecule has 0 aliphatic carbocycles. The number of hydrogen-bond donors (Lipinski definition) is 0. The van der Waals surface area contributed by atoms with Crippen LogP contribution in [0.25, 0.3) is 22.0 Å². The number of esters is 1. The van der Waals surface area contributed by atoms with Gasteiger partial charge in [-0.05, 0) is 29.6 Å². The molecule has 0 fully saturated rings. The highest BCUT2D eigenvalue weighted by atomic mass is 32.1. The van der Waals surface area contributed by atoms with Crippen molar-refractivity contribution in [2.24, 2.45) is 0 Å². The molecular formula is C19H15N3O5S2. The molecule has 29 heavy (non-hydrogen) atoms. The SMILES string of the molecule is COc1ccc(-c2nc(C(=O)OCc3nc(-c4ccsc4)no3)cs2)cc1OC. The van der Waals surface area contributed by atoms with Gasteiger partial charge in [0.05, 0.1) is 14.2 Å². The Morgan fingerprint density at radius 1 is 1.07 bits per heavy atom. The molecule has 0 radical (unpaired) electrons.